The van der Waals surface area contributed by atoms with Gasteiger partial charge < -0.3 is 14.8 Å². The van der Waals surface area contributed by atoms with Crippen LogP contribution in [0, 0.1) is 5.82 Å². The molecule has 0 bridgehead atoms. The molecule has 1 N–H and O–H groups in total. The Morgan fingerprint density at radius 2 is 1.76 bits per heavy atom. The maximum absolute atomic E-state index is 14.2. The van der Waals surface area contributed by atoms with E-state index in [1.165, 1.54) is 12.4 Å². The molecule has 5 nitrogen and oxygen atoms in total. The molecule has 0 unspecified atom stereocenters. The van der Waals surface area contributed by atoms with Crippen molar-refractivity contribution in [3.8, 4) is 11.5 Å². The topological polar surface area (TPSA) is 56.3 Å². The summed E-state index contributed by atoms with van der Waals surface area (Å²) >= 11 is 0. The van der Waals surface area contributed by atoms with Crippen molar-refractivity contribution >= 4 is 16.7 Å². The zero-order valence-corrected chi connectivity index (χ0v) is 15.9. The third kappa shape index (κ3) is 4.27. The maximum atomic E-state index is 14.2. The molecule has 0 fully saturated rings. The molecule has 0 aliphatic heterocycles. The highest BCUT2D eigenvalue weighted by atomic mass is 19.1. The normalized spacial score (nSPS) is 10.7. The second kappa shape index (κ2) is 8.56. The van der Waals surface area contributed by atoms with Gasteiger partial charge in [0.15, 0.2) is 11.5 Å². The van der Waals surface area contributed by atoms with Gasteiger partial charge in [0, 0.05) is 6.54 Å². The van der Waals surface area contributed by atoms with Crippen molar-refractivity contribution in [3.63, 3.8) is 0 Å². The van der Waals surface area contributed by atoms with Gasteiger partial charge in [-0.15, -0.1) is 0 Å². The zero-order valence-electron chi connectivity index (χ0n) is 15.9. The monoisotopic (exact) mass is 389 g/mol. The third-order valence-electron chi connectivity index (χ3n) is 4.54. The number of aromatic nitrogens is 2. The number of hydrogen-bond donors (Lipinski definition) is 1. The molecule has 6 heteroatoms. The summed E-state index contributed by atoms with van der Waals surface area (Å²) in [6.45, 7) is 0.913. The summed E-state index contributed by atoms with van der Waals surface area (Å²) in [5.74, 6) is 1.40. The van der Waals surface area contributed by atoms with Crippen LogP contribution in [0.1, 0.15) is 11.1 Å². The van der Waals surface area contributed by atoms with Crippen molar-refractivity contribution in [1.82, 2.24) is 9.97 Å². The molecule has 0 aliphatic carbocycles. The maximum Gasteiger partial charge on any atom is 0.161 e. The molecule has 0 atom stereocenters. The summed E-state index contributed by atoms with van der Waals surface area (Å²) in [6.07, 6.45) is 1.42. The summed E-state index contributed by atoms with van der Waals surface area (Å²) in [7, 11) is 1.61. The average molecular weight is 389 g/mol. The summed E-state index contributed by atoms with van der Waals surface area (Å²) in [5.41, 5.74) is 2.60. The lowest BCUT2D eigenvalue weighted by Crippen LogP contribution is -2.04. The summed E-state index contributed by atoms with van der Waals surface area (Å²) in [4.78, 5) is 8.30. The highest BCUT2D eigenvalue weighted by molar-refractivity contribution is 5.89. The van der Waals surface area contributed by atoms with Gasteiger partial charge in [-0.1, -0.05) is 42.5 Å². The van der Waals surface area contributed by atoms with Crippen LogP contribution in [0.4, 0.5) is 10.2 Å². The Hall–Kier alpha value is -3.67. The molecule has 146 valence electrons. The quantitative estimate of drug-likeness (QED) is 0.484. The minimum Gasteiger partial charge on any atom is -0.493 e. The van der Waals surface area contributed by atoms with E-state index in [9.17, 15) is 4.39 Å². The van der Waals surface area contributed by atoms with E-state index in [1.807, 2.05) is 48.5 Å². The molecule has 0 amide bonds. The lowest BCUT2D eigenvalue weighted by atomic mass is 10.2. The second-order valence-corrected chi connectivity index (χ2v) is 6.47. The lowest BCUT2D eigenvalue weighted by molar-refractivity contribution is 0.284. The van der Waals surface area contributed by atoms with Crippen molar-refractivity contribution in [2.24, 2.45) is 0 Å². The third-order valence-corrected chi connectivity index (χ3v) is 4.54. The van der Waals surface area contributed by atoms with E-state index in [0.29, 0.717) is 41.4 Å². The number of nitrogens with one attached hydrogen (secondary N) is 1. The van der Waals surface area contributed by atoms with Crippen molar-refractivity contribution in [3.05, 3.63) is 90.0 Å². The minimum absolute atomic E-state index is 0.354. The molecule has 0 saturated heterocycles. The van der Waals surface area contributed by atoms with Crippen LogP contribution in [-0.2, 0) is 13.2 Å². The largest absolute Gasteiger partial charge is 0.493 e. The number of methoxy groups -OCH3 is 1. The van der Waals surface area contributed by atoms with Crippen LogP contribution in [0.2, 0.25) is 0 Å². The van der Waals surface area contributed by atoms with E-state index in [4.69, 9.17) is 9.47 Å². The van der Waals surface area contributed by atoms with E-state index in [0.717, 1.165) is 11.1 Å². The number of rotatable bonds is 7. The highest BCUT2D eigenvalue weighted by Gasteiger charge is 2.10. The van der Waals surface area contributed by atoms with Gasteiger partial charge in [0.1, 0.15) is 24.6 Å². The van der Waals surface area contributed by atoms with E-state index in [1.54, 1.807) is 19.2 Å². The Morgan fingerprint density at radius 3 is 2.59 bits per heavy atom. The first-order valence-electron chi connectivity index (χ1n) is 9.21. The van der Waals surface area contributed by atoms with E-state index < -0.39 is 0 Å². The van der Waals surface area contributed by atoms with Gasteiger partial charge in [0.25, 0.3) is 0 Å². The van der Waals surface area contributed by atoms with Crippen LogP contribution in [-0.4, -0.2) is 17.1 Å². The molecule has 0 aliphatic rings. The average Bonchev–Trinajstić information content (AvgIpc) is 2.77. The van der Waals surface area contributed by atoms with Crippen LogP contribution in [0.25, 0.3) is 10.9 Å². The lowest BCUT2D eigenvalue weighted by Gasteiger charge is -2.13. The predicted molar refractivity (Wildman–Crippen MR) is 111 cm³/mol. The van der Waals surface area contributed by atoms with Gasteiger partial charge in [0.05, 0.1) is 18.0 Å². The number of fused-ring (bicyclic) bond motifs is 1. The fourth-order valence-electron chi connectivity index (χ4n) is 3.06. The van der Waals surface area contributed by atoms with Crippen LogP contribution in [0.5, 0.6) is 11.5 Å². The predicted octanol–water partition coefficient (Wildman–Crippen LogP) is 4.97. The van der Waals surface area contributed by atoms with Crippen molar-refractivity contribution in [1.29, 1.82) is 0 Å². The first-order valence-corrected chi connectivity index (χ1v) is 9.21. The highest BCUT2D eigenvalue weighted by Crippen LogP contribution is 2.29. The van der Waals surface area contributed by atoms with Crippen LogP contribution < -0.4 is 14.8 Å². The molecule has 0 saturated carbocycles. The number of nitrogens with zero attached hydrogens (tertiary/aromatic N) is 2. The van der Waals surface area contributed by atoms with E-state index in [-0.39, 0.29) is 5.82 Å². The Balaban J connectivity index is 1.49. The molecular weight excluding hydrogens is 369 g/mol. The molecule has 1 aromatic heterocycles. The van der Waals surface area contributed by atoms with Crippen LogP contribution in [0.3, 0.4) is 0 Å². The summed E-state index contributed by atoms with van der Waals surface area (Å²) in [6, 6.07) is 20.4. The van der Waals surface area contributed by atoms with Gasteiger partial charge in [-0.25, -0.2) is 14.4 Å². The first-order chi connectivity index (χ1) is 14.2. The molecule has 0 radical (unpaired) electrons. The SMILES string of the molecule is COc1cc(CNc2ncnc3cccc(F)c23)ccc1OCc1ccccc1. The second-order valence-electron chi connectivity index (χ2n) is 6.47. The van der Waals surface area contributed by atoms with E-state index >= 15 is 0 Å². The van der Waals surface area contributed by atoms with Gasteiger partial charge >= 0.3 is 0 Å². The molecule has 3 aromatic carbocycles. The van der Waals surface area contributed by atoms with Gasteiger partial charge in [-0.05, 0) is 35.4 Å². The Bertz CT molecular complexity index is 1110. The fourth-order valence-corrected chi connectivity index (χ4v) is 3.06. The van der Waals surface area contributed by atoms with Crippen molar-refractivity contribution in [2.45, 2.75) is 13.2 Å². The van der Waals surface area contributed by atoms with Crippen molar-refractivity contribution < 1.29 is 13.9 Å². The Labute approximate surface area is 168 Å². The van der Waals surface area contributed by atoms with Gasteiger partial charge in [-0.2, -0.15) is 0 Å². The number of halogens is 1. The molecular formula is C23H20FN3O2. The minimum atomic E-state index is -0.354. The molecule has 4 rings (SSSR count). The number of ether oxygens (including phenoxy) is 2. The van der Waals surface area contributed by atoms with Crippen LogP contribution >= 0.6 is 0 Å². The fraction of sp³-hybridized carbons (Fsp3) is 0.130. The van der Waals surface area contributed by atoms with Gasteiger partial charge in [0.2, 0.25) is 0 Å². The Kier molecular flexibility index (Phi) is 5.52. The Morgan fingerprint density at radius 1 is 0.897 bits per heavy atom. The van der Waals surface area contributed by atoms with Gasteiger partial charge in [-0.3, -0.25) is 0 Å². The zero-order chi connectivity index (χ0) is 20.1. The smallest absolute Gasteiger partial charge is 0.161 e. The van der Waals surface area contributed by atoms with E-state index in [2.05, 4.69) is 15.3 Å². The molecule has 29 heavy (non-hydrogen) atoms. The summed E-state index contributed by atoms with van der Waals surface area (Å²) < 4.78 is 25.6. The number of anilines is 1. The summed E-state index contributed by atoms with van der Waals surface area (Å²) in [5, 5.41) is 3.57. The molecule has 0 spiro atoms. The van der Waals surface area contributed by atoms with Crippen LogP contribution in [0.15, 0.2) is 73.1 Å². The standard InChI is InChI=1S/C23H20FN3O2/c1-28-21-12-17(10-11-20(21)29-14-16-6-3-2-4-7-16)13-25-23-22-18(24)8-5-9-19(22)26-15-27-23/h2-12,15H,13-14H2,1H3,(H,25,26,27). The number of hydrogen-bond acceptors (Lipinski definition) is 5. The number of benzene rings is 3. The molecule has 1 heterocycles. The van der Waals surface area contributed by atoms with Crippen molar-refractivity contribution in [2.75, 3.05) is 12.4 Å². The molecule has 4 aromatic rings. The first kappa shape index (κ1) is 18.7.